The van der Waals surface area contributed by atoms with Crippen molar-refractivity contribution < 1.29 is 334 Å². The maximum Gasteiger partial charge on any atom is 0.167 e. The summed E-state index contributed by atoms with van der Waals surface area (Å²) in [5.41, 5.74) is 1.50. The van der Waals surface area contributed by atoms with Gasteiger partial charge in [0.2, 0.25) is 0 Å². The average Bonchev–Trinajstić information content (AvgIpc) is 3.21. The number of nitriles is 6. The molecule has 532 valence electrons. The van der Waals surface area contributed by atoms with Crippen LogP contribution in [-0.2, 0) is 294 Å². The first-order valence-electron chi connectivity index (χ1n) is 15.9. The van der Waals surface area contributed by atoms with E-state index in [-0.39, 0.29) is 306 Å². The third-order valence-electron chi connectivity index (χ3n) is 5.06. The number of aromatic nitrogens is 2. The van der Waals surface area contributed by atoms with E-state index in [0.29, 0.717) is 33.8 Å². The van der Waals surface area contributed by atoms with Gasteiger partial charge in [-0.3, -0.25) is 0 Å². The van der Waals surface area contributed by atoms with Gasteiger partial charge in [0.25, 0.3) is 0 Å². The molecule has 41 nitrogen and oxygen atoms in total. The van der Waals surface area contributed by atoms with Crippen molar-refractivity contribution in [2.24, 2.45) is 20.4 Å². The molecule has 0 saturated heterocycles. The molecule has 0 fully saturated rings. The molecule has 0 saturated carbocycles. The summed E-state index contributed by atoms with van der Waals surface area (Å²) in [6.45, 7) is 8.58. The second-order valence-electron chi connectivity index (χ2n) is 9.03. The van der Waals surface area contributed by atoms with Crippen molar-refractivity contribution in [2.45, 2.75) is 41.5 Å². The second kappa shape index (κ2) is 185. The Morgan fingerprint density at radius 3 is 0.674 bits per heavy atom. The largest absolute Gasteiger partial charge is 2.00 e. The molecule has 0 atom stereocenters. The van der Waals surface area contributed by atoms with E-state index in [4.69, 9.17) is 41.0 Å². The Morgan fingerprint density at radius 1 is 0.360 bits per heavy atom. The smallest absolute Gasteiger partial charge is 0.167 e. The van der Waals surface area contributed by atoms with Crippen molar-refractivity contribution in [3.8, 4) is 59.4 Å². The molecule has 0 aliphatic carbocycles. The van der Waals surface area contributed by atoms with Crippen LogP contribution in [0.25, 0.3) is 0 Å². The van der Waals surface area contributed by atoms with Crippen LogP contribution < -0.4 is 39.9 Å². The third-order valence-corrected chi connectivity index (χ3v) is 5.06. The fraction of sp³-hybridized carbons (Fsp3) is 0.200. The van der Waals surface area contributed by atoms with Gasteiger partial charge < -0.3 is 156 Å². The molecule has 49 heteroatoms. The summed E-state index contributed by atoms with van der Waals surface area (Å²) in [5, 5.41) is 105. The Hall–Kier alpha value is -4.25. The molecule has 4 aromatic rings. The number of H-pyrrole nitrogens is 2. The zero-order valence-corrected chi connectivity index (χ0v) is 61.9. The van der Waals surface area contributed by atoms with Crippen molar-refractivity contribution in [1.82, 2.24) is 0 Å². The van der Waals surface area contributed by atoms with Crippen molar-refractivity contribution >= 4 is 24.2 Å². The van der Waals surface area contributed by atoms with Crippen LogP contribution in [0, 0.1) is 68.0 Å². The standard InChI is InChI=1S/2C14H13N3O3.6C2H3N.8Mo.23O/c2*1-20-12-3-2-11(13(18)8-12)9-16-17-14(19)10-4-6-15-7-5-10;6*1-2-3;;;;;;;;;;;;;;;;;;;;;;;;;;;;;;;/h2*2-9,18H,1H3,(H,17,19);6*1H3;;;;;;;;;;;;;;;;;;;;;;;;;;;;;;;/q;;;;;;;;;;;;;;;;23*-2/p-2/b2*16-9+;;;;;;;;;;;;;;;;;;;;;;;;;;;;;;;;;;;;;. The minimum atomic E-state index is -0.476. The molecule has 0 amide bonds. The first-order valence-corrected chi connectivity index (χ1v) is 15.9. The van der Waals surface area contributed by atoms with Crippen LogP contribution in [0.5, 0.6) is 23.0 Å². The number of rotatable bonds is 8. The van der Waals surface area contributed by atoms with Crippen LogP contribution in [0.1, 0.15) is 63.8 Å². The molecule has 0 radical (unpaired) electrons. The molecule has 89 heavy (non-hydrogen) atoms. The SMILES string of the molecule is CC#N.CC#N.CC#N.CC#N.CC#N.CC#N.COc1ccc(/C=N/N=C(\[O-])c2cc[nH+]cc2)c([O-])c1.COc1ccc(/C=N/N=C(\[O-])c2cc[nH+]cc2)c([O-])c1.[Mo].[Mo].[Mo].[Mo].[Mo].[Mo].[Mo].[Mo].[O-2].[O-2].[O-2].[O-2].[O-2].[O-2].[O-2].[O-2].[O-2].[O-2].[O-2].[O-2].[O-2].[O-2].[O-2].[O-2].[O-2].[O-2].[O-2].[O-2].[O-2].[O-2].[O-2]. The average molecular weight is 1920 g/mol. The van der Waals surface area contributed by atoms with Gasteiger partial charge in [0.15, 0.2) is 24.8 Å². The summed E-state index contributed by atoms with van der Waals surface area (Å²) in [4.78, 5) is 5.60. The van der Waals surface area contributed by atoms with Crippen LogP contribution >= 0.6 is 0 Å². The Balaban J connectivity index is -0.0000000122. The second-order valence-corrected chi connectivity index (χ2v) is 9.03. The van der Waals surface area contributed by atoms with Crippen LogP contribution in [0.3, 0.4) is 0 Å². The Kier molecular flexibility index (Phi) is 498. The molecule has 0 bridgehead atoms. The molecule has 0 aliphatic heterocycles. The normalized spacial score (nSPS) is 5.82. The Morgan fingerprint density at radius 2 is 0.528 bits per heavy atom. The van der Waals surface area contributed by atoms with Crippen LogP contribution in [0.15, 0.2) is 106 Å². The first kappa shape index (κ1) is 240. The zero-order valence-electron chi connectivity index (χ0n) is 45.8. The van der Waals surface area contributed by atoms with E-state index < -0.39 is 11.8 Å². The molecule has 2 heterocycles. The van der Waals surface area contributed by atoms with E-state index in [9.17, 15) is 20.4 Å². The van der Waals surface area contributed by atoms with Gasteiger partial charge in [0.1, 0.15) is 11.5 Å². The number of hydrogen-bond acceptors (Lipinski definition) is 16. The number of methoxy groups -OCH3 is 2. The Labute approximate surface area is 627 Å². The molecule has 0 unspecified atom stereocenters. The van der Waals surface area contributed by atoms with Gasteiger partial charge in [-0.05, 0) is 46.5 Å². The Bertz CT molecular complexity index is 1960. The van der Waals surface area contributed by atoms with Crippen LogP contribution in [0.4, 0.5) is 0 Å². The molecular formula is C40H42Mo8N12O29-48. The number of hydrogen-bond donors (Lipinski definition) is 0. The summed E-state index contributed by atoms with van der Waals surface area (Å²) in [6, 6.07) is 25.9. The fourth-order valence-electron chi connectivity index (χ4n) is 2.96. The van der Waals surface area contributed by atoms with E-state index in [0.717, 1.165) is 0 Å². The fourth-order valence-corrected chi connectivity index (χ4v) is 2.96. The first-order chi connectivity index (χ1) is 27.9. The molecular weight excluding hydrogens is 1880 g/mol. The van der Waals surface area contributed by atoms with Crippen molar-refractivity contribution in [2.75, 3.05) is 14.2 Å². The molecule has 0 aliphatic rings. The topological polar surface area (TPSA) is 987 Å². The van der Waals surface area contributed by atoms with Crippen molar-refractivity contribution in [3.05, 3.63) is 108 Å². The molecule has 2 aromatic heterocycles. The number of benzene rings is 2. The van der Waals surface area contributed by atoms with Gasteiger partial charge in [0.05, 0.1) is 63.1 Å². The number of nitrogens with one attached hydrogen (secondary N) is 2. The van der Waals surface area contributed by atoms with Gasteiger partial charge in [0, 0.05) is 246 Å². The minimum absolute atomic E-state index is 0. The molecule has 0 spiro atoms. The van der Waals surface area contributed by atoms with E-state index >= 15 is 0 Å². The number of ether oxygens (including phenoxy) is 2. The summed E-state index contributed by atoms with van der Waals surface area (Å²) in [5.74, 6) is -0.496. The summed E-state index contributed by atoms with van der Waals surface area (Å²) < 4.78 is 9.85. The predicted octanol–water partition coefficient (Wildman–Crippen LogP) is -0.125. The third kappa shape index (κ3) is 147. The minimum Gasteiger partial charge on any atom is -2.00 e. The summed E-state index contributed by atoms with van der Waals surface area (Å²) in [6.07, 6.45) is 8.96. The molecule has 4 rings (SSSR count). The monoisotopic (exact) mass is 1940 g/mol. The molecule has 2 aromatic carbocycles. The number of nitrogens with zero attached hydrogens (tertiary/aromatic N) is 10. The van der Waals surface area contributed by atoms with E-state index in [1.165, 1.54) is 80.3 Å². The van der Waals surface area contributed by atoms with Gasteiger partial charge in [-0.2, -0.15) is 52.0 Å². The maximum atomic E-state index is 11.6. The van der Waals surface area contributed by atoms with E-state index in [1.807, 2.05) is 0 Å². The van der Waals surface area contributed by atoms with Crippen molar-refractivity contribution in [3.63, 3.8) is 0 Å². The van der Waals surface area contributed by atoms with Crippen molar-refractivity contribution in [1.29, 1.82) is 31.6 Å². The zero-order chi connectivity index (χ0) is 45.0. The summed E-state index contributed by atoms with van der Waals surface area (Å²) >= 11 is 0. The van der Waals surface area contributed by atoms with Gasteiger partial charge in [-0.1, -0.05) is 23.6 Å². The maximum absolute atomic E-state index is 11.6. The van der Waals surface area contributed by atoms with Gasteiger partial charge >= 0.3 is 0 Å². The number of aromatic amines is 2. The van der Waals surface area contributed by atoms with E-state index in [1.54, 1.807) is 110 Å². The van der Waals surface area contributed by atoms with Gasteiger partial charge in [-0.15, -0.1) is 0 Å². The number of pyridine rings is 2. The van der Waals surface area contributed by atoms with Crippen LogP contribution in [0.2, 0.25) is 0 Å². The van der Waals surface area contributed by atoms with Gasteiger partial charge in [-0.25, -0.2) is 9.97 Å². The van der Waals surface area contributed by atoms with E-state index in [2.05, 4.69) is 30.4 Å². The quantitative estimate of drug-likeness (QED) is 0.0964. The summed E-state index contributed by atoms with van der Waals surface area (Å²) in [7, 11) is 2.96. The van der Waals surface area contributed by atoms with Crippen LogP contribution in [-0.4, -0.2) is 38.4 Å². The predicted molar refractivity (Wildman–Crippen MR) is 223 cm³/mol. The molecule has 2 N–H and O–H groups in total.